The molecule has 2 N–H and O–H groups in total. The van der Waals surface area contributed by atoms with Crippen LogP contribution < -0.4 is 5.73 Å². The molecule has 0 aliphatic rings. The summed E-state index contributed by atoms with van der Waals surface area (Å²) < 4.78 is 5.28. The number of nitrogens with zero attached hydrogens (tertiary/aromatic N) is 4. The van der Waals surface area contributed by atoms with Crippen molar-refractivity contribution in [1.82, 2.24) is 20.1 Å². The summed E-state index contributed by atoms with van der Waals surface area (Å²) in [5, 5.41) is 3.91. The Morgan fingerprint density at radius 3 is 2.33 bits per heavy atom. The van der Waals surface area contributed by atoms with Gasteiger partial charge in [0, 0.05) is 18.4 Å². The molecule has 0 fully saturated rings. The summed E-state index contributed by atoms with van der Waals surface area (Å²) in [6.07, 6.45) is 3.29. The maximum atomic E-state index is 5.96. The van der Waals surface area contributed by atoms with E-state index in [0.717, 1.165) is 0 Å². The maximum Gasteiger partial charge on any atom is 0.240 e. The number of rotatable bonds is 4. The molecule has 2 unspecified atom stereocenters. The van der Waals surface area contributed by atoms with E-state index >= 15 is 0 Å². The van der Waals surface area contributed by atoms with E-state index < -0.39 is 0 Å². The van der Waals surface area contributed by atoms with Crippen LogP contribution >= 0.6 is 0 Å². The third kappa shape index (κ3) is 2.53. The third-order valence-electron chi connectivity index (χ3n) is 2.78. The first-order chi connectivity index (χ1) is 8.59. The molecule has 2 rings (SSSR count). The van der Waals surface area contributed by atoms with Crippen molar-refractivity contribution in [3.05, 3.63) is 24.4 Å². The van der Waals surface area contributed by atoms with Crippen LogP contribution in [0.4, 0.5) is 0 Å². The average Bonchev–Trinajstić information content (AvgIpc) is 2.78. The molecule has 0 aromatic carbocycles. The fraction of sp³-hybridized carbons (Fsp3) is 0.500. The second-order valence-electron chi connectivity index (χ2n) is 4.66. The quantitative estimate of drug-likeness (QED) is 0.882. The van der Waals surface area contributed by atoms with Crippen LogP contribution in [0.5, 0.6) is 0 Å². The van der Waals surface area contributed by atoms with Gasteiger partial charge in [0.2, 0.25) is 17.5 Å². The fourth-order valence-corrected chi connectivity index (χ4v) is 1.99. The summed E-state index contributed by atoms with van der Waals surface area (Å²) in [5.41, 5.74) is 5.96. The Labute approximate surface area is 106 Å². The molecule has 2 aromatic rings. The van der Waals surface area contributed by atoms with Crippen LogP contribution in [0.1, 0.15) is 32.6 Å². The fourth-order valence-electron chi connectivity index (χ4n) is 1.99. The molecule has 0 spiro atoms. The van der Waals surface area contributed by atoms with Gasteiger partial charge in [0.05, 0.1) is 5.92 Å². The van der Waals surface area contributed by atoms with Gasteiger partial charge in [-0.3, -0.25) is 0 Å². The standard InChI is InChI=1S/C12H17N5O/c1-7(2)9(8(3)13)12-16-11(17-18-12)10-14-5-4-6-15-10/h4-9H,13H2,1-3H3. The van der Waals surface area contributed by atoms with Crippen LogP contribution in [0.15, 0.2) is 23.0 Å². The van der Waals surface area contributed by atoms with Gasteiger partial charge in [-0.2, -0.15) is 4.98 Å². The monoisotopic (exact) mass is 247 g/mol. The van der Waals surface area contributed by atoms with Crippen molar-refractivity contribution in [1.29, 1.82) is 0 Å². The Bertz CT molecular complexity index is 486. The van der Waals surface area contributed by atoms with Gasteiger partial charge in [-0.1, -0.05) is 19.0 Å². The molecule has 0 saturated heterocycles. The Kier molecular flexibility index (Phi) is 3.66. The summed E-state index contributed by atoms with van der Waals surface area (Å²) in [4.78, 5) is 12.5. The number of hydrogen-bond acceptors (Lipinski definition) is 6. The zero-order chi connectivity index (χ0) is 13.1. The molecule has 0 aliphatic heterocycles. The molecule has 2 aromatic heterocycles. The molecule has 0 saturated carbocycles. The molecule has 6 nitrogen and oxygen atoms in total. The van der Waals surface area contributed by atoms with Gasteiger partial charge in [0.25, 0.3) is 0 Å². The zero-order valence-electron chi connectivity index (χ0n) is 10.7. The maximum absolute atomic E-state index is 5.96. The van der Waals surface area contributed by atoms with E-state index in [4.69, 9.17) is 10.3 Å². The van der Waals surface area contributed by atoms with Crippen LogP contribution in [0, 0.1) is 5.92 Å². The Hall–Kier alpha value is -1.82. The lowest BCUT2D eigenvalue weighted by Crippen LogP contribution is -2.28. The lowest BCUT2D eigenvalue weighted by molar-refractivity contribution is 0.300. The van der Waals surface area contributed by atoms with Crippen LogP contribution in [-0.2, 0) is 0 Å². The summed E-state index contributed by atoms with van der Waals surface area (Å²) in [6, 6.07) is 1.69. The molecule has 0 amide bonds. The minimum atomic E-state index is -0.0463. The van der Waals surface area contributed by atoms with Gasteiger partial charge < -0.3 is 10.3 Å². The van der Waals surface area contributed by atoms with Gasteiger partial charge in [0.1, 0.15) is 0 Å². The molecule has 18 heavy (non-hydrogen) atoms. The van der Waals surface area contributed by atoms with Gasteiger partial charge in [0.15, 0.2) is 0 Å². The van der Waals surface area contributed by atoms with Crippen LogP contribution in [0.25, 0.3) is 11.6 Å². The molecular formula is C12H17N5O. The van der Waals surface area contributed by atoms with E-state index in [1.54, 1.807) is 18.5 Å². The van der Waals surface area contributed by atoms with E-state index in [-0.39, 0.29) is 12.0 Å². The number of aromatic nitrogens is 4. The summed E-state index contributed by atoms with van der Waals surface area (Å²) >= 11 is 0. The first-order valence-corrected chi connectivity index (χ1v) is 5.96. The van der Waals surface area contributed by atoms with Crippen LogP contribution in [-0.4, -0.2) is 26.2 Å². The summed E-state index contributed by atoms with van der Waals surface area (Å²) in [7, 11) is 0. The highest BCUT2D eigenvalue weighted by molar-refractivity contribution is 5.40. The molecule has 2 atom stereocenters. The van der Waals surface area contributed by atoms with Crippen molar-refractivity contribution in [3.8, 4) is 11.6 Å². The van der Waals surface area contributed by atoms with Crippen LogP contribution in [0.3, 0.4) is 0 Å². The second kappa shape index (κ2) is 5.22. The summed E-state index contributed by atoms with van der Waals surface area (Å²) in [5.74, 6) is 1.77. The molecule has 96 valence electrons. The van der Waals surface area contributed by atoms with Crippen LogP contribution in [0.2, 0.25) is 0 Å². The Balaban J connectivity index is 2.30. The van der Waals surface area contributed by atoms with E-state index in [1.165, 1.54) is 0 Å². The minimum Gasteiger partial charge on any atom is -0.338 e. The minimum absolute atomic E-state index is 0.0370. The Morgan fingerprint density at radius 2 is 1.78 bits per heavy atom. The third-order valence-corrected chi connectivity index (χ3v) is 2.78. The van der Waals surface area contributed by atoms with E-state index in [0.29, 0.717) is 23.5 Å². The first kappa shape index (κ1) is 12.6. The highest BCUT2D eigenvalue weighted by atomic mass is 16.5. The smallest absolute Gasteiger partial charge is 0.240 e. The number of nitrogens with two attached hydrogens (primary N) is 1. The second-order valence-corrected chi connectivity index (χ2v) is 4.66. The van der Waals surface area contributed by atoms with Gasteiger partial charge >= 0.3 is 0 Å². The molecule has 0 radical (unpaired) electrons. The Morgan fingerprint density at radius 1 is 1.11 bits per heavy atom. The lowest BCUT2D eigenvalue weighted by Gasteiger charge is -2.20. The van der Waals surface area contributed by atoms with Crippen molar-refractivity contribution in [3.63, 3.8) is 0 Å². The van der Waals surface area contributed by atoms with E-state index in [9.17, 15) is 0 Å². The molecule has 0 aliphatic carbocycles. The predicted octanol–water partition coefficient (Wildman–Crippen LogP) is 1.61. The van der Waals surface area contributed by atoms with Gasteiger partial charge in [-0.25, -0.2) is 9.97 Å². The van der Waals surface area contributed by atoms with E-state index in [2.05, 4.69) is 34.0 Å². The van der Waals surface area contributed by atoms with Gasteiger partial charge in [-0.05, 0) is 18.9 Å². The zero-order valence-corrected chi connectivity index (χ0v) is 10.7. The summed E-state index contributed by atoms with van der Waals surface area (Å²) in [6.45, 7) is 6.10. The average molecular weight is 247 g/mol. The van der Waals surface area contributed by atoms with Crippen molar-refractivity contribution in [2.45, 2.75) is 32.7 Å². The molecule has 2 heterocycles. The normalized spacial score (nSPS) is 14.7. The van der Waals surface area contributed by atoms with Crippen molar-refractivity contribution in [2.75, 3.05) is 0 Å². The highest BCUT2D eigenvalue weighted by Crippen LogP contribution is 2.26. The van der Waals surface area contributed by atoms with Gasteiger partial charge in [-0.15, -0.1) is 0 Å². The SMILES string of the molecule is CC(C)C(c1nc(-c2ncccn2)no1)C(C)N. The van der Waals surface area contributed by atoms with Crippen molar-refractivity contribution >= 4 is 0 Å². The largest absolute Gasteiger partial charge is 0.338 e. The lowest BCUT2D eigenvalue weighted by atomic mass is 9.90. The topological polar surface area (TPSA) is 90.7 Å². The van der Waals surface area contributed by atoms with Crippen molar-refractivity contribution < 1.29 is 4.52 Å². The molecule has 6 heteroatoms. The predicted molar refractivity (Wildman–Crippen MR) is 66.6 cm³/mol. The highest BCUT2D eigenvalue weighted by Gasteiger charge is 2.26. The molecule has 0 bridgehead atoms. The first-order valence-electron chi connectivity index (χ1n) is 5.96. The molecular weight excluding hydrogens is 230 g/mol. The number of hydrogen-bond donors (Lipinski definition) is 1. The van der Waals surface area contributed by atoms with Crippen molar-refractivity contribution in [2.24, 2.45) is 11.7 Å². The van der Waals surface area contributed by atoms with E-state index in [1.807, 2.05) is 6.92 Å².